The van der Waals surface area contributed by atoms with Crippen molar-refractivity contribution < 1.29 is 14.1 Å². The molecule has 23 heavy (non-hydrogen) atoms. The van der Waals surface area contributed by atoms with Gasteiger partial charge < -0.3 is 19.9 Å². The maximum atomic E-state index is 12.3. The van der Waals surface area contributed by atoms with Crippen LogP contribution < -0.4 is 5.73 Å². The van der Waals surface area contributed by atoms with Gasteiger partial charge in [0.25, 0.3) is 0 Å². The second kappa shape index (κ2) is 6.97. The molecule has 7 nitrogen and oxygen atoms in total. The van der Waals surface area contributed by atoms with Crippen LogP contribution in [0.1, 0.15) is 56.7 Å². The van der Waals surface area contributed by atoms with Gasteiger partial charge in [0.15, 0.2) is 5.82 Å². The summed E-state index contributed by atoms with van der Waals surface area (Å²) in [7, 11) is 1.71. The van der Waals surface area contributed by atoms with Crippen LogP contribution in [0.3, 0.4) is 0 Å². The number of likely N-dealkylation sites (tertiary alicyclic amines) is 1. The molecule has 128 valence electrons. The number of hydrogen-bond acceptors (Lipinski definition) is 6. The van der Waals surface area contributed by atoms with Crippen molar-refractivity contribution >= 4 is 5.91 Å². The number of aromatic nitrogens is 2. The Morgan fingerprint density at radius 2 is 2.13 bits per heavy atom. The van der Waals surface area contributed by atoms with E-state index in [1.165, 1.54) is 0 Å². The molecule has 0 bridgehead atoms. The number of rotatable bonds is 5. The summed E-state index contributed by atoms with van der Waals surface area (Å²) in [5.74, 6) is 1.19. The van der Waals surface area contributed by atoms with Gasteiger partial charge in [-0.3, -0.25) is 4.79 Å². The van der Waals surface area contributed by atoms with E-state index >= 15 is 0 Å². The Morgan fingerprint density at radius 3 is 2.87 bits per heavy atom. The number of nitrogens with two attached hydrogens (primary N) is 1. The predicted molar refractivity (Wildman–Crippen MR) is 83.6 cm³/mol. The van der Waals surface area contributed by atoms with E-state index in [4.69, 9.17) is 15.0 Å². The lowest BCUT2D eigenvalue weighted by Gasteiger charge is -2.23. The fourth-order valence-electron chi connectivity index (χ4n) is 3.75. The van der Waals surface area contributed by atoms with Gasteiger partial charge in [-0.25, -0.2) is 0 Å². The Hall–Kier alpha value is -1.47. The minimum atomic E-state index is -0.408. The third-order valence-electron chi connectivity index (χ3n) is 5.07. The number of ether oxygens (including phenoxy) is 1. The van der Waals surface area contributed by atoms with Crippen molar-refractivity contribution in [3.8, 4) is 0 Å². The Labute approximate surface area is 136 Å². The predicted octanol–water partition coefficient (Wildman–Crippen LogP) is 1.37. The number of methoxy groups -OCH3 is 1. The quantitative estimate of drug-likeness (QED) is 0.880. The van der Waals surface area contributed by atoms with Gasteiger partial charge in [-0.05, 0) is 32.1 Å². The van der Waals surface area contributed by atoms with E-state index in [2.05, 4.69) is 10.1 Å². The van der Waals surface area contributed by atoms with Crippen LogP contribution in [0.15, 0.2) is 4.52 Å². The zero-order valence-electron chi connectivity index (χ0n) is 13.8. The molecule has 2 aliphatic rings. The van der Waals surface area contributed by atoms with E-state index < -0.39 is 6.04 Å². The summed E-state index contributed by atoms with van der Waals surface area (Å²) < 4.78 is 10.8. The number of nitrogens with zero attached hydrogens (tertiary/aromatic N) is 3. The van der Waals surface area contributed by atoms with E-state index in [1.807, 2.05) is 0 Å². The highest BCUT2D eigenvalue weighted by Gasteiger charge is 2.40. The molecule has 1 aliphatic heterocycles. The fraction of sp³-hybridized carbons (Fsp3) is 0.812. The second-order valence-corrected chi connectivity index (χ2v) is 6.79. The Bertz CT molecular complexity index is 539. The minimum absolute atomic E-state index is 0.0188. The molecule has 2 heterocycles. The van der Waals surface area contributed by atoms with Crippen molar-refractivity contribution in [3.05, 3.63) is 11.7 Å². The van der Waals surface area contributed by atoms with Gasteiger partial charge in [-0.15, -0.1) is 0 Å². The highest BCUT2D eigenvalue weighted by molar-refractivity contribution is 5.81. The van der Waals surface area contributed by atoms with E-state index in [-0.39, 0.29) is 11.3 Å². The number of hydrogen-bond donors (Lipinski definition) is 1. The van der Waals surface area contributed by atoms with Crippen molar-refractivity contribution in [2.24, 2.45) is 5.73 Å². The van der Waals surface area contributed by atoms with E-state index in [1.54, 1.807) is 12.0 Å². The fourth-order valence-corrected chi connectivity index (χ4v) is 3.75. The van der Waals surface area contributed by atoms with Crippen LogP contribution in [0.4, 0.5) is 0 Å². The molecule has 3 rings (SSSR count). The van der Waals surface area contributed by atoms with E-state index in [0.717, 1.165) is 50.8 Å². The van der Waals surface area contributed by atoms with Crippen molar-refractivity contribution in [1.82, 2.24) is 15.0 Å². The highest BCUT2D eigenvalue weighted by Crippen LogP contribution is 2.39. The third-order valence-corrected chi connectivity index (χ3v) is 5.07. The molecule has 1 unspecified atom stereocenters. The summed E-state index contributed by atoms with van der Waals surface area (Å²) in [6, 6.07) is -0.408. The molecule has 1 aromatic heterocycles. The molecule has 1 amide bonds. The molecule has 7 heteroatoms. The number of carbonyl (C=O) groups excluding carboxylic acids is 1. The first-order valence-corrected chi connectivity index (χ1v) is 8.51. The third kappa shape index (κ3) is 3.40. The van der Waals surface area contributed by atoms with E-state index in [0.29, 0.717) is 25.6 Å². The molecule has 2 fully saturated rings. The maximum absolute atomic E-state index is 12.3. The lowest BCUT2D eigenvalue weighted by molar-refractivity contribution is -0.133. The molecule has 0 radical (unpaired) electrons. The van der Waals surface area contributed by atoms with Crippen LogP contribution in [0.2, 0.25) is 0 Å². The van der Waals surface area contributed by atoms with Gasteiger partial charge in [-0.1, -0.05) is 18.0 Å². The molecule has 0 aromatic carbocycles. The lowest BCUT2D eigenvalue weighted by atomic mass is 9.86. The Kier molecular flexibility index (Phi) is 4.96. The standard InChI is InChI=1S/C16H26N4O3/c1-22-11-16(7-3-4-8-16)15-18-13(23-19-15)10-20-9-5-2-6-12(17)14(20)21/h12H,2-11,17H2,1H3. The van der Waals surface area contributed by atoms with Gasteiger partial charge in [0.05, 0.1) is 18.1 Å². The zero-order valence-corrected chi connectivity index (χ0v) is 13.8. The van der Waals surface area contributed by atoms with Crippen LogP contribution >= 0.6 is 0 Å². The Balaban J connectivity index is 1.72. The maximum Gasteiger partial charge on any atom is 0.246 e. The highest BCUT2D eigenvalue weighted by atomic mass is 16.5. The van der Waals surface area contributed by atoms with Crippen LogP contribution in [0.25, 0.3) is 0 Å². The number of amides is 1. The van der Waals surface area contributed by atoms with Crippen molar-refractivity contribution in [3.63, 3.8) is 0 Å². The van der Waals surface area contributed by atoms with E-state index in [9.17, 15) is 4.79 Å². The smallest absolute Gasteiger partial charge is 0.246 e. The van der Waals surface area contributed by atoms with Crippen LogP contribution in [-0.4, -0.2) is 47.3 Å². The molecular formula is C16H26N4O3. The average Bonchev–Trinajstić information content (AvgIpc) is 3.16. The zero-order chi connectivity index (χ0) is 16.3. The monoisotopic (exact) mass is 322 g/mol. The first kappa shape index (κ1) is 16.4. The summed E-state index contributed by atoms with van der Waals surface area (Å²) in [4.78, 5) is 18.6. The molecular weight excluding hydrogens is 296 g/mol. The largest absolute Gasteiger partial charge is 0.384 e. The van der Waals surface area contributed by atoms with Crippen LogP contribution in [0, 0.1) is 0 Å². The molecule has 1 aliphatic carbocycles. The van der Waals surface area contributed by atoms with Crippen molar-refractivity contribution in [2.75, 3.05) is 20.3 Å². The normalized spacial score (nSPS) is 24.9. The molecule has 0 spiro atoms. The van der Waals surface area contributed by atoms with Gasteiger partial charge in [0, 0.05) is 13.7 Å². The first-order chi connectivity index (χ1) is 11.1. The molecule has 2 N–H and O–H groups in total. The SMILES string of the molecule is COCC1(c2noc(CN3CCCCC(N)C3=O)n2)CCCC1. The van der Waals surface area contributed by atoms with Crippen molar-refractivity contribution in [2.45, 2.75) is 62.9 Å². The molecule has 1 aromatic rings. The number of carbonyl (C=O) groups is 1. The van der Waals surface area contributed by atoms with Gasteiger partial charge in [0.2, 0.25) is 11.8 Å². The molecule has 1 atom stereocenters. The Morgan fingerprint density at radius 1 is 1.35 bits per heavy atom. The minimum Gasteiger partial charge on any atom is -0.384 e. The summed E-state index contributed by atoms with van der Waals surface area (Å²) in [6.45, 7) is 1.66. The summed E-state index contributed by atoms with van der Waals surface area (Å²) in [5, 5.41) is 4.19. The van der Waals surface area contributed by atoms with Gasteiger partial charge in [-0.2, -0.15) is 4.98 Å². The average molecular weight is 322 g/mol. The van der Waals surface area contributed by atoms with Crippen molar-refractivity contribution in [1.29, 1.82) is 0 Å². The summed E-state index contributed by atoms with van der Waals surface area (Å²) >= 11 is 0. The first-order valence-electron chi connectivity index (χ1n) is 8.51. The van der Waals surface area contributed by atoms with Crippen LogP contribution in [0.5, 0.6) is 0 Å². The lowest BCUT2D eigenvalue weighted by Crippen LogP contribution is -2.41. The second-order valence-electron chi connectivity index (χ2n) is 6.79. The van der Waals surface area contributed by atoms with Crippen LogP contribution in [-0.2, 0) is 21.5 Å². The molecule has 1 saturated heterocycles. The summed E-state index contributed by atoms with van der Waals surface area (Å²) in [6.07, 6.45) is 7.06. The summed E-state index contributed by atoms with van der Waals surface area (Å²) in [5.41, 5.74) is 5.78. The van der Waals surface area contributed by atoms with Gasteiger partial charge in [0.1, 0.15) is 6.54 Å². The molecule has 1 saturated carbocycles. The topological polar surface area (TPSA) is 94.5 Å². The van der Waals surface area contributed by atoms with Gasteiger partial charge >= 0.3 is 0 Å².